The standard InChI is InChI=1S/C41H22F2N2O4/c42-33-13-5-9-29-35(33)39(48)44(37(29)46)25-19-15-23(16-20-25)41(31-11-3-1-7-27(31)28-8-2-4-12-32(28)41)24-17-21-26(22-18-24)45-38(47)30-10-6-14-34(43)36(30)40(45)49/h1-22H. The molecule has 2 aliphatic heterocycles. The Morgan fingerprint density at radius 1 is 0.388 bits per heavy atom. The Labute approximate surface area is 278 Å². The fraction of sp³-hybridized carbons (Fsp3) is 0.0244. The van der Waals surface area contributed by atoms with Gasteiger partial charge in [-0.05, 0) is 81.9 Å². The van der Waals surface area contributed by atoms with Gasteiger partial charge in [-0.15, -0.1) is 0 Å². The highest BCUT2D eigenvalue weighted by molar-refractivity contribution is 6.35. The number of rotatable bonds is 4. The van der Waals surface area contributed by atoms with Crippen molar-refractivity contribution in [3.8, 4) is 11.1 Å². The molecule has 0 spiro atoms. The highest BCUT2D eigenvalue weighted by Crippen LogP contribution is 2.56. The average molecular weight is 645 g/mol. The zero-order valence-electron chi connectivity index (χ0n) is 25.5. The number of hydrogen-bond donors (Lipinski definition) is 0. The number of fused-ring (bicyclic) bond motifs is 5. The van der Waals surface area contributed by atoms with E-state index in [-0.39, 0.29) is 22.3 Å². The van der Waals surface area contributed by atoms with E-state index in [1.165, 1.54) is 24.3 Å². The van der Waals surface area contributed by atoms with Gasteiger partial charge in [0.15, 0.2) is 0 Å². The predicted octanol–water partition coefficient (Wildman–Crippen LogP) is 7.93. The SMILES string of the molecule is O=C1c2cccc(F)c2C(=O)N1c1ccc(C2(c3ccc(N4C(=O)c5cccc(F)c5C4=O)cc3)c3ccccc3-c3ccccc32)cc1. The van der Waals surface area contributed by atoms with Crippen LogP contribution in [-0.2, 0) is 5.41 Å². The second-order valence-corrected chi connectivity index (χ2v) is 12.2. The first-order valence-electron chi connectivity index (χ1n) is 15.6. The average Bonchev–Trinajstić information content (AvgIpc) is 3.68. The molecule has 49 heavy (non-hydrogen) atoms. The Hall–Kier alpha value is -6.54. The van der Waals surface area contributed by atoms with Gasteiger partial charge in [0.2, 0.25) is 0 Å². The van der Waals surface area contributed by atoms with Gasteiger partial charge < -0.3 is 0 Å². The van der Waals surface area contributed by atoms with Gasteiger partial charge in [-0.2, -0.15) is 0 Å². The number of carbonyl (C=O) groups excluding carboxylic acids is 4. The van der Waals surface area contributed by atoms with Crippen LogP contribution in [0.1, 0.15) is 63.7 Å². The quantitative estimate of drug-likeness (QED) is 0.183. The van der Waals surface area contributed by atoms with E-state index in [0.717, 1.165) is 55.3 Å². The third-order valence-corrected chi connectivity index (χ3v) is 9.80. The molecule has 2 heterocycles. The zero-order chi connectivity index (χ0) is 33.6. The summed E-state index contributed by atoms with van der Waals surface area (Å²) < 4.78 is 29.2. The minimum atomic E-state index is -0.882. The fourth-order valence-electron chi connectivity index (χ4n) is 7.70. The molecule has 0 saturated carbocycles. The van der Waals surface area contributed by atoms with E-state index in [2.05, 4.69) is 24.3 Å². The molecule has 6 aromatic carbocycles. The van der Waals surface area contributed by atoms with Gasteiger partial charge in [-0.1, -0.05) is 84.9 Å². The van der Waals surface area contributed by atoms with Gasteiger partial charge in [0.1, 0.15) is 11.6 Å². The van der Waals surface area contributed by atoms with E-state index in [4.69, 9.17) is 0 Å². The molecular weight excluding hydrogens is 622 g/mol. The van der Waals surface area contributed by atoms with Crippen molar-refractivity contribution in [1.29, 1.82) is 0 Å². The van der Waals surface area contributed by atoms with Crippen molar-refractivity contribution in [2.24, 2.45) is 0 Å². The van der Waals surface area contributed by atoms with Crippen LogP contribution in [0.25, 0.3) is 11.1 Å². The predicted molar refractivity (Wildman–Crippen MR) is 179 cm³/mol. The number of imide groups is 2. The van der Waals surface area contributed by atoms with E-state index < -0.39 is 40.7 Å². The molecule has 0 atom stereocenters. The van der Waals surface area contributed by atoms with Crippen molar-refractivity contribution in [2.45, 2.75) is 5.41 Å². The summed E-state index contributed by atoms with van der Waals surface area (Å²) in [5.41, 5.74) is 4.95. The highest BCUT2D eigenvalue weighted by Gasteiger charge is 2.47. The normalized spacial score (nSPS) is 15.4. The summed E-state index contributed by atoms with van der Waals surface area (Å²) in [4.78, 5) is 55.0. The lowest BCUT2D eigenvalue weighted by atomic mass is 9.67. The van der Waals surface area contributed by atoms with E-state index in [1.54, 1.807) is 24.3 Å². The maximum atomic E-state index is 14.6. The molecule has 3 aliphatic rings. The van der Waals surface area contributed by atoms with Crippen molar-refractivity contribution in [3.63, 3.8) is 0 Å². The van der Waals surface area contributed by atoms with E-state index in [9.17, 15) is 28.0 Å². The Bertz CT molecular complexity index is 2280. The number of hydrogen-bond acceptors (Lipinski definition) is 4. The fourth-order valence-corrected chi connectivity index (χ4v) is 7.70. The molecular formula is C41H22F2N2O4. The summed E-state index contributed by atoms with van der Waals surface area (Å²) in [7, 11) is 0. The Morgan fingerprint density at radius 2 is 0.755 bits per heavy atom. The molecule has 0 saturated heterocycles. The van der Waals surface area contributed by atoms with Crippen LogP contribution < -0.4 is 9.80 Å². The topological polar surface area (TPSA) is 74.8 Å². The molecule has 0 unspecified atom stereocenters. The summed E-state index contributed by atoms with van der Waals surface area (Å²) >= 11 is 0. The third-order valence-electron chi connectivity index (χ3n) is 9.80. The number of carbonyl (C=O) groups is 4. The van der Waals surface area contributed by atoms with Crippen molar-refractivity contribution >= 4 is 35.0 Å². The maximum Gasteiger partial charge on any atom is 0.269 e. The molecule has 9 rings (SSSR count). The lowest BCUT2D eigenvalue weighted by Gasteiger charge is -2.34. The molecule has 0 N–H and O–H groups in total. The Kier molecular flexibility index (Phi) is 5.98. The van der Waals surface area contributed by atoms with Crippen LogP contribution in [0, 0.1) is 11.6 Å². The molecule has 6 nitrogen and oxygen atoms in total. The van der Waals surface area contributed by atoms with Crippen molar-refractivity contribution < 1.29 is 28.0 Å². The molecule has 0 fully saturated rings. The zero-order valence-corrected chi connectivity index (χ0v) is 25.5. The van der Waals surface area contributed by atoms with Gasteiger partial charge in [0.25, 0.3) is 23.6 Å². The molecule has 234 valence electrons. The summed E-state index contributed by atoms with van der Waals surface area (Å²) in [6, 6.07) is 38.3. The van der Waals surface area contributed by atoms with Crippen LogP contribution >= 0.6 is 0 Å². The maximum absolute atomic E-state index is 14.6. The minimum Gasteiger partial charge on any atom is -0.268 e. The Morgan fingerprint density at radius 3 is 1.14 bits per heavy atom. The van der Waals surface area contributed by atoms with E-state index in [1.807, 2.05) is 48.5 Å². The van der Waals surface area contributed by atoms with Crippen molar-refractivity contribution in [2.75, 3.05) is 9.80 Å². The summed E-state index contributed by atoms with van der Waals surface area (Å²) in [5.74, 6) is -4.13. The molecule has 0 aromatic heterocycles. The first kappa shape index (κ1) is 28.7. The van der Waals surface area contributed by atoms with Gasteiger partial charge in [0.05, 0.1) is 39.0 Å². The first-order valence-corrected chi connectivity index (χ1v) is 15.6. The van der Waals surface area contributed by atoms with Crippen LogP contribution in [0.2, 0.25) is 0 Å². The van der Waals surface area contributed by atoms with Gasteiger partial charge >= 0.3 is 0 Å². The summed E-state index contributed by atoms with van der Waals surface area (Å²) in [5, 5.41) is 0. The third kappa shape index (κ3) is 3.74. The van der Waals surface area contributed by atoms with Crippen LogP contribution in [0.3, 0.4) is 0 Å². The molecule has 0 bridgehead atoms. The molecule has 0 radical (unpaired) electrons. The lowest BCUT2D eigenvalue weighted by molar-refractivity contribution is 0.0909. The number of nitrogens with zero attached hydrogens (tertiary/aromatic N) is 2. The molecule has 6 aromatic rings. The number of benzene rings is 6. The van der Waals surface area contributed by atoms with Crippen LogP contribution in [-0.4, -0.2) is 23.6 Å². The monoisotopic (exact) mass is 644 g/mol. The second kappa shape index (κ2) is 10.2. The van der Waals surface area contributed by atoms with E-state index in [0.29, 0.717) is 11.4 Å². The number of halogens is 2. The van der Waals surface area contributed by atoms with Crippen LogP contribution in [0.5, 0.6) is 0 Å². The molecule has 8 heteroatoms. The van der Waals surface area contributed by atoms with Crippen LogP contribution in [0.15, 0.2) is 133 Å². The summed E-state index contributed by atoms with van der Waals surface area (Å²) in [6.45, 7) is 0. The van der Waals surface area contributed by atoms with Crippen LogP contribution in [0.4, 0.5) is 20.2 Å². The Balaban J connectivity index is 1.18. The van der Waals surface area contributed by atoms with Gasteiger partial charge in [-0.3, -0.25) is 19.2 Å². The first-order chi connectivity index (χ1) is 23.8. The largest absolute Gasteiger partial charge is 0.269 e. The highest BCUT2D eigenvalue weighted by atomic mass is 19.1. The minimum absolute atomic E-state index is 0.0186. The van der Waals surface area contributed by atoms with Gasteiger partial charge in [0, 0.05) is 0 Å². The second-order valence-electron chi connectivity index (χ2n) is 12.2. The van der Waals surface area contributed by atoms with Crippen molar-refractivity contribution in [1.82, 2.24) is 0 Å². The van der Waals surface area contributed by atoms with Crippen molar-refractivity contribution in [3.05, 3.63) is 190 Å². The smallest absolute Gasteiger partial charge is 0.268 e. The number of anilines is 2. The van der Waals surface area contributed by atoms with E-state index >= 15 is 0 Å². The summed E-state index contributed by atoms with van der Waals surface area (Å²) in [6.07, 6.45) is 0. The molecule has 4 amide bonds. The lowest BCUT2D eigenvalue weighted by Crippen LogP contribution is -2.31. The van der Waals surface area contributed by atoms with Gasteiger partial charge in [-0.25, -0.2) is 18.6 Å². The number of amides is 4. The molecule has 1 aliphatic carbocycles.